The number of carbonyl (C=O) groups excluding carboxylic acids is 1. The highest BCUT2D eigenvalue weighted by Gasteiger charge is 2.33. The number of hydrogen-bond acceptors (Lipinski definition) is 6. The number of fused-ring (bicyclic) bond motifs is 1. The molecule has 7 heteroatoms. The van der Waals surface area contributed by atoms with Gasteiger partial charge in [0.15, 0.2) is 0 Å². The van der Waals surface area contributed by atoms with Gasteiger partial charge >= 0.3 is 0 Å². The third-order valence-electron chi connectivity index (χ3n) is 6.81. The Morgan fingerprint density at radius 1 is 1.06 bits per heavy atom. The molecule has 0 fully saturated rings. The van der Waals surface area contributed by atoms with Gasteiger partial charge in [-0.15, -0.1) is 11.3 Å². The molecule has 3 aromatic rings. The molecule has 190 valence electrons. The van der Waals surface area contributed by atoms with Crippen LogP contribution in [-0.4, -0.2) is 33.5 Å². The molecule has 0 radical (unpaired) electrons. The quantitative estimate of drug-likeness (QED) is 0.353. The molecule has 1 N–H and O–H groups in total. The first-order valence-corrected chi connectivity index (χ1v) is 12.9. The van der Waals surface area contributed by atoms with Gasteiger partial charge < -0.3 is 19.5 Å². The highest BCUT2D eigenvalue weighted by atomic mass is 32.1. The standard InChI is InChI=1S/C29H34N2O4S/c1-29(2,3)19-11-13-21-25(16-19)36-28(30-17-18-15-20(33-4)12-14-23(18)34-5)26(21)27(32)31-22-9-7-8-10-24(22)35-6/h7-10,12,14-15,17,19H,11,13,16H2,1-6H3,(H,31,32). The van der Waals surface area contributed by atoms with E-state index < -0.39 is 0 Å². The van der Waals surface area contributed by atoms with Crippen LogP contribution >= 0.6 is 11.3 Å². The third-order valence-corrected chi connectivity index (χ3v) is 7.97. The van der Waals surface area contributed by atoms with Crippen LogP contribution in [0.4, 0.5) is 10.7 Å². The summed E-state index contributed by atoms with van der Waals surface area (Å²) in [5, 5.41) is 3.76. The summed E-state index contributed by atoms with van der Waals surface area (Å²) in [5.74, 6) is 2.41. The van der Waals surface area contributed by atoms with Crippen LogP contribution in [0.15, 0.2) is 47.5 Å². The zero-order valence-electron chi connectivity index (χ0n) is 21.8. The molecule has 1 heterocycles. The van der Waals surface area contributed by atoms with Crippen LogP contribution in [0, 0.1) is 11.3 Å². The maximum absolute atomic E-state index is 13.7. The van der Waals surface area contributed by atoms with Gasteiger partial charge in [0.05, 0.1) is 32.6 Å². The third kappa shape index (κ3) is 5.41. The lowest BCUT2D eigenvalue weighted by atomic mass is 9.72. The van der Waals surface area contributed by atoms with Gasteiger partial charge in [-0.05, 0) is 66.5 Å². The van der Waals surface area contributed by atoms with E-state index in [0.717, 1.165) is 30.4 Å². The average molecular weight is 507 g/mol. The second kappa shape index (κ2) is 10.7. The molecule has 1 atom stereocenters. The van der Waals surface area contributed by atoms with E-state index in [0.29, 0.717) is 39.4 Å². The van der Waals surface area contributed by atoms with Crippen molar-refractivity contribution in [1.82, 2.24) is 0 Å². The lowest BCUT2D eigenvalue weighted by Gasteiger charge is -2.33. The zero-order chi connectivity index (χ0) is 25.9. The van der Waals surface area contributed by atoms with Crippen molar-refractivity contribution >= 4 is 34.1 Å². The molecule has 0 spiro atoms. The fraction of sp³-hybridized carbons (Fsp3) is 0.379. The number of ether oxygens (including phenoxy) is 3. The van der Waals surface area contributed by atoms with Crippen molar-refractivity contribution in [3.05, 3.63) is 64.0 Å². The topological polar surface area (TPSA) is 69.2 Å². The fourth-order valence-corrected chi connectivity index (χ4v) is 5.91. The first-order chi connectivity index (χ1) is 17.2. The van der Waals surface area contributed by atoms with E-state index in [1.54, 1.807) is 38.9 Å². The first kappa shape index (κ1) is 25.8. The molecule has 1 aliphatic rings. The van der Waals surface area contributed by atoms with Crippen LogP contribution < -0.4 is 19.5 Å². The molecule has 4 rings (SSSR count). The summed E-state index contributed by atoms with van der Waals surface area (Å²) < 4.78 is 16.3. The number of anilines is 1. The van der Waals surface area contributed by atoms with Gasteiger partial charge in [-0.25, -0.2) is 4.99 Å². The van der Waals surface area contributed by atoms with E-state index in [-0.39, 0.29) is 11.3 Å². The van der Waals surface area contributed by atoms with Gasteiger partial charge in [0.2, 0.25) is 0 Å². The van der Waals surface area contributed by atoms with Crippen molar-refractivity contribution in [2.24, 2.45) is 16.3 Å². The number of para-hydroxylation sites is 2. The molecule has 36 heavy (non-hydrogen) atoms. The summed E-state index contributed by atoms with van der Waals surface area (Å²) in [4.78, 5) is 19.7. The molecular weight excluding hydrogens is 472 g/mol. The number of rotatable bonds is 7. The van der Waals surface area contributed by atoms with Crippen molar-refractivity contribution < 1.29 is 19.0 Å². The highest BCUT2D eigenvalue weighted by Crippen LogP contribution is 2.45. The SMILES string of the molecule is COc1ccc(OC)c(C=Nc2sc3c(c2C(=O)Nc2ccccc2OC)CCC(C(C)(C)C)C3)c1. The summed E-state index contributed by atoms with van der Waals surface area (Å²) in [6, 6.07) is 13.0. The summed E-state index contributed by atoms with van der Waals surface area (Å²) in [5.41, 5.74) is 3.38. The number of hydrogen-bond donors (Lipinski definition) is 1. The molecule has 1 amide bonds. The highest BCUT2D eigenvalue weighted by molar-refractivity contribution is 7.16. The zero-order valence-corrected chi connectivity index (χ0v) is 22.6. The van der Waals surface area contributed by atoms with Gasteiger partial charge in [-0.1, -0.05) is 32.9 Å². The maximum atomic E-state index is 13.7. The number of aliphatic imine (C=N–C) groups is 1. The number of nitrogens with zero attached hydrogens (tertiary/aromatic N) is 1. The number of benzene rings is 2. The molecule has 0 saturated heterocycles. The lowest BCUT2D eigenvalue weighted by Crippen LogP contribution is -2.27. The van der Waals surface area contributed by atoms with Crippen LogP contribution in [0.1, 0.15) is 53.6 Å². The van der Waals surface area contributed by atoms with Gasteiger partial charge in [-0.2, -0.15) is 0 Å². The van der Waals surface area contributed by atoms with Gasteiger partial charge in [0.25, 0.3) is 5.91 Å². The van der Waals surface area contributed by atoms with Crippen molar-refractivity contribution in [2.75, 3.05) is 26.6 Å². The normalized spacial score (nSPS) is 15.4. The monoisotopic (exact) mass is 506 g/mol. The Morgan fingerprint density at radius 3 is 2.50 bits per heavy atom. The molecule has 0 saturated carbocycles. The van der Waals surface area contributed by atoms with Crippen molar-refractivity contribution in [3.63, 3.8) is 0 Å². The molecule has 1 unspecified atom stereocenters. The average Bonchev–Trinajstić information content (AvgIpc) is 3.24. The molecule has 6 nitrogen and oxygen atoms in total. The van der Waals surface area contributed by atoms with E-state index >= 15 is 0 Å². The lowest BCUT2D eigenvalue weighted by molar-refractivity contribution is 0.102. The van der Waals surface area contributed by atoms with Gasteiger partial charge in [0.1, 0.15) is 22.2 Å². The number of methoxy groups -OCH3 is 3. The van der Waals surface area contributed by atoms with E-state index in [2.05, 4.69) is 26.1 Å². The van der Waals surface area contributed by atoms with Crippen molar-refractivity contribution in [3.8, 4) is 17.2 Å². The number of nitrogens with one attached hydrogen (secondary N) is 1. The minimum Gasteiger partial charge on any atom is -0.497 e. The second-order valence-electron chi connectivity index (χ2n) is 10.0. The molecular formula is C29H34N2O4S. The summed E-state index contributed by atoms with van der Waals surface area (Å²) in [6.07, 6.45) is 4.62. The number of amides is 1. The molecule has 2 aromatic carbocycles. The largest absolute Gasteiger partial charge is 0.497 e. The summed E-state index contributed by atoms with van der Waals surface area (Å²) in [6.45, 7) is 6.87. The predicted octanol–water partition coefficient (Wildman–Crippen LogP) is 6.93. The maximum Gasteiger partial charge on any atom is 0.259 e. The van der Waals surface area contributed by atoms with Gasteiger partial charge in [0, 0.05) is 16.7 Å². The van der Waals surface area contributed by atoms with Crippen molar-refractivity contribution in [1.29, 1.82) is 0 Å². The van der Waals surface area contributed by atoms with Crippen LogP contribution in [0.5, 0.6) is 17.2 Å². The summed E-state index contributed by atoms with van der Waals surface area (Å²) in [7, 11) is 4.85. The number of thiophene rings is 1. The molecule has 1 aromatic heterocycles. The minimum atomic E-state index is -0.170. The Bertz CT molecular complexity index is 1270. The Balaban J connectivity index is 1.75. The van der Waals surface area contributed by atoms with Crippen molar-refractivity contribution in [2.45, 2.75) is 40.0 Å². The fourth-order valence-electron chi connectivity index (χ4n) is 4.64. The second-order valence-corrected chi connectivity index (χ2v) is 11.1. The van der Waals surface area contributed by atoms with E-state index in [1.165, 1.54) is 4.88 Å². The van der Waals surface area contributed by atoms with Crippen LogP contribution in [0.3, 0.4) is 0 Å². The van der Waals surface area contributed by atoms with E-state index in [4.69, 9.17) is 19.2 Å². The van der Waals surface area contributed by atoms with Crippen LogP contribution in [-0.2, 0) is 12.8 Å². The minimum absolute atomic E-state index is 0.170. The van der Waals surface area contributed by atoms with Crippen LogP contribution in [0.2, 0.25) is 0 Å². The first-order valence-electron chi connectivity index (χ1n) is 12.1. The Kier molecular flexibility index (Phi) is 7.69. The Hall–Kier alpha value is -3.32. The smallest absolute Gasteiger partial charge is 0.259 e. The Morgan fingerprint density at radius 2 is 1.81 bits per heavy atom. The molecule has 0 bridgehead atoms. The van der Waals surface area contributed by atoms with Gasteiger partial charge in [-0.3, -0.25) is 4.79 Å². The van der Waals surface area contributed by atoms with E-state index in [9.17, 15) is 4.79 Å². The number of carbonyl (C=O) groups is 1. The predicted molar refractivity (Wildman–Crippen MR) is 147 cm³/mol. The molecule has 0 aliphatic heterocycles. The van der Waals surface area contributed by atoms with Crippen LogP contribution in [0.25, 0.3) is 0 Å². The summed E-state index contributed by atoms with van der Waals surface area (Å²) >= 11 is 1.61. The van der Waals surface area contributed by atoms with E-state index in [1.807, 2.05) is 42.5 Å². The Labute approximate surface area is 217 Å². The molecule has 1 aliphatic carbocycles.